The van der Waals surface area contributed by atoms with E-state index in [0.29, 0.717) is 29.7 Å². The summed E-state index contributed by atoms with van der Waals surface area (Å²) < 4.78 is 47.8. The first-order valence-electron chi connectivity index (χ1n) is 11.3. The summed E-state index contributed by atoms with van der Waals surface area (Å²) in [5.74, 6) is 0.378. The van der Waals surface area contributed by atoms with Crippen LogP contribution in [-0.2, 0) is 14.8 Å². The molecule has 3 atom stereocenters. The molecule has 13 nitrogen and oxygen atoms in total. The monoisotopic (exact) mass is 538 g/mol. The van der Waals surface area contributed by atoms with Crippen LogP contribution in [0.25, 0.3) is 5.69 Å². The average molecular weight is 539 g/mol. The fraction of sp³-hybridized carbons (Fsp3) is 0.524. The number of aromatic nitrogens is 7. The SMILES string of the molecule is COc1ncnc(OC)c1-n1c(NS(=O)(=O)[C@@H](C)[C@H](C)c2ncc(Cl)cn2)nnc1[C@H]1CCCCO1. The smallest absolute Gasteiger partial charge is 0.245 e. The van der Waals surface area contributed by atoms with Crippen LogP contribution in [-0.4, -0.2) is 69.2 Å². The van der Waals surface area contributed by atoms with Crippen molar-refractivity contribution in [3.8, 4) is 17.4 Å². The van der Waals surface area contributed by atoms with Gasteiger partial charge in [0.05, 0.1) is 24.5 Å². The molecule has 0 radical (unpaired) electrons. The van der Waals surface area contributed by atoms with Gasteiger partial charge in [0.2, 0.25) is 27.7 Å². The van der Waals surface area contributed by atoms with Gasteiger partial charge in [-0.15, -0.1) is 10.2 Å². The lowest BCUT2D eigenvalue weighted by molar-refractivity contribution is 0.00837. The minimum absolute atomic E-state index is 0.0818. The Labute approximate surface area is 213 Å². The summed E-state index contributed by atoms with van der Waals surface area (Å²) in [5.41, 5.74) is 0.246. The Morgan fingerprint density at radius 1 is 1.08 bits per heavy atom. The quantitative estimate of drug-likeness (QED) is 0.427. The molecule has 4 rings (SSSR count). The first kappa shape index (κ1) is 26.0. The summed E-state index contributed by atoms with van der Waals surface area (Å²) in [6, 6.07) is 0. The van der Waals surface area contributed by atoms with E-state index in [1.165, 1.54) is 37.5 Å². The van der Waals surface area contributed by atoms with Gasteiger partial charge in [0.15, 0.2) is 11.5 Å². The second kappa shape index (κ2) is 10.9. The van der Waals surface area contributed by atoms with Crippen molar-refractivity contribution in [2.24, 2.45) is 0 Å². The van der Waals surface area contributed by atoms with E-state index in [1.54, 1.807) is 13.8 Å². The molecule has 0 amide bonds. The van der Waals surface area contributed by atoms with Gasteiger partial charge in [-0.3, -0.25) is 9.29 Å². The lowest BCUT2D eigenvalue weighted by atomic mass is 10.1. The third-order valence-electron chi connectivity index (χ3n) is 6.00. The molecule has 0 bridgehead atoms. The third kappa shape index (κ3) is 5.20. The molecular weight excluding hydrogens is 512 g/mol. The van der Waals surface area contributed by atoms with Gasteiger partial charge in [-0.25, -0.2) is 18.4 Å². The summed E-state index contributed by atoms with van der Waals surface area (Å²) in [7, 11) is -1.13. The Bertz CT molecular complexity index is 1280. The predicted octanol–water partition coefficient (Wildman–Crippen LogP) is 2.69. The number of anilines is 1. The molecule has 1 saturated heterocycles. The van der Waals surface area contributed by atoms with E-state index >= 15 is 0 Å². The van der Waals surface area contributed by atoms with Crippen molar-refractivity contribution in [2.75, 3.05) is 25.5 Å². The Kier molecular flexibility index (Phi) is 7.85. The number of rotatable bonds is 9. The van der Waals surface area contributed by atoms with Crippen molar-refractivity contribution < 1.29 is 22.6 Å². The van der Waals surface area contributed by atoms with Crippen molar-refractivity contribution in [3.63, 3.8) is 0 Å². The summed E-state index contributed by atoms with van der Waals surface area (Å²) in [4.78, 5) is 16.6. The normalized spacial score (nSPS) is 17.9. The molecule has 0 saturated carbocycles. The van der Waals surface area contributed by atoms with Crippen LogP contribution in [0.1, 0.15) is 56.8 Å². The highest BCUT2D eigenvalue weighted by molar-refractivity contribution is 7.93. The molecule has 15 heteroatoms. The van der Waals surface area contributed by atoms with E-state index in [1.807, 2.05) is 0 Å². The maximum absolute atomic E-state index is 13.5. The minimum atomic E-state index is -4.01. The molecule has 0 aromatic carbocycles. The lowest BCUT2D eigenvalue weighted by Gasteiger charge is -2.24. The molecule has 0 spiro atoms. The summed E-state index contributed by atoms with van der Waals surface area (Å²) in [5, 5.41) is 7.86. The third-order valence-corrected chi connectivity index (χ3v) is 8.05. The van der Waals surface area contributed by atoms with Crippen LogP contribution >= 0.6 is 11.6 Å². The Morgan fingerprint density at radius 2 is 1.75 bits per heavy atom. The molecule has 1 N–H and O–H groups in total. The Hall–Kier alpha value is -3.10. The maximum atomic E-state index is 13.5. The molecule has 0 unspecified atom stereocenters. The maximum Gasteiger partial charge on any atom is 0.245 e. The van der Waals surface area contributed by atoms with Crippen LogP contribution in [0.2, 0.25) is 5.02 Å². The van der Waals surface area contributed by atoms with Gasteiger partial charge in [-0.2, -0.15) is 9.97 Å². The highest BCUT2D eigenvalue weighted by Crippen LogP contribution is 2.37. The van der Waals surface area contributed by atoms with Crippen molar-refractivity contribution in [3.05, 3.63) is 35.4 Å². The molecule has 36 heavy (non-hydrogen) atoms. The Morgan fingerprint density at radius 3 is 2.33 bits per heavy atom. The standard InChI is InChI=1S/C21H27ClN8O5S/c1-12(17-23-9-14(22)10-24-17)13(2)36(31,32)29-21-28-27-18(15-7-5-6-8-35-15)30(21)16-19(33-3)25-11-26-20(16)34-4/h9-13,15H,5-8H2,1-4H3,(H,28,29)/t12-,13-,15+/m0/s1. The average Bonchev–Trinajstić information content (AvgIpc) is 3.30. The van der Waals surface area contributed by atoms with Crippen LogP contribution in [0.3, 0.4) is 0 Å². The molecule has 1 aliphatic rings. The van der Waals surface area contributed by atoms with Gasteiger partial charge in [-0.1, -0.05) is 18.5 Å². The second-order valence-corrected chi connectivity index (χ2v) is 10.7. The van der Waals surface area contributed by atoms with Crippen LogP contribution < -0.4 is 14.2 Å². The highest BCUT2D eigenvalue weighted by atomic mass is 35.5. The van der Waals surface area contributed by atoms with Crippen molar-refractivity contribution in [1.29, 1.82) is 0 Å². The molecule has 3 aromatic rings. The van der Waals surface area contributed by atoms with E-state index in [-0.39, 0.29) is 23.4 Å². The first-order chi connectivity index (χ1) is 17.3. The minimum Gasteiger partial charge on any atom is -0.479 e. The molecule has 1 aliphatic heterocycles. The summed E-state index contributed by atoms with van der Waals surface area (Å²) in [6.07, 6.45) is 6.24. The van der Waals surface area contributed by atoms with Gasteiger partial charge in [0.1, 0.15) is 18.3 Å². The topological polar surface area (TPSA) is 156 Å². The Balaban J connectivity index is 1.77. The number of hydrogen-bond donors (Lipinski definition) is 1. The van der Waals surface area contributed by atoms with Gasteiger partial charge in [-0.05, 0) is 26.2 Å². The van der Waals surface area contributed by atoms with Crippen molar-refractivity contribution >= 4 is 27.6 Å². The fourth-order valence-corrected chi connectivity index (χ4v) is 5.16. The predicted molar refractivity (Wildman–Crippen MR) is 130 cm³/mol. The van der Waals surface area contributed by atoms with Crippen molar-refractivity contribution in [1.82, 2.24) is 34.7 Å². The van der Waals surface area contributed by atoms with Gasteiger partial charge >= 0.3 is 0 Å². The number of nitrogens with one attached hydrogen (secondary N) is 1. The fourth-order valence-electron chi connectivity index (χ4n) is 3.83. The summed E-state index contributed by atoms with van der Waals surface area (Å²) in [6.45, 7) is 3.83. The van der Waals surface area contributed by atoms with Crippen LogP contribution in [0.15, 0.2) is 18.7 Å². The van der Waals surface area contributed by atoms with Crippen molar-refractivity contribution in [2.45, 2.75) is 50.4 Å². The van der Waals surface area contributed by atoms with Gasteiger partial charge in [0, 0.05) is 24.9 Å². The molecule has 1 fully saturated rings. The van der Waals surface area contributed by atoms with E-state index in [9.17, 15) is 8.42 Å². The van der Waals surface area contributed by atoms with Gasteiger partial charge < -0.3 is 14.2 Å². The zero-order valence-corrected chi connectivity index (χ0v) is 21.8. The summed E-state index contributed by atoms with van der Waals surface area (Å²) >= 11 is 5.87. The number of methoxy groups -OCH3 is 2. The van der Waals surface area contributed by atoms with E-state index in [2.05, 4.69) is 34.9 Å². The molecule has 0 aliphatic carbocycles. The first-order valence-corrected chi connectivity index (χ1v) is 13.2. The number of ether oxygens (including phenoxy) is 3. The number of hydrogen-bond acceptors (Lipinski definition) is 11. The highest BCUT2D eigenvalue weighted by Gasteiger charge is 2.34. The van der Waals surface area contributed by atoms with E-state index in [4.69, 9.17) is 25.8 Å². The van der Waals surface area contributed by atoms with Crippen LogP contribution in [0.4, 0.5) is 5.95 Å². The van der Waals surface area contributed by atoms with E-state index < -0.39 is 27.3 Å². The number of halogens is 1. The van der Waals surface area contributed by atoms with Crippen LogP contribution in [0, 0.1) is 0 Å². The van der Waals surface area contributed by atoms with E-state index in [0.717, 1.165) is 12.8 Å². The largest absolute Gasteiger partial charge is 0.479 e. The molecular formula is C21H27ClN8O5S. The van der Waals surface area contributed by atoms with Gasteiger partial charge in [0.25, 0.3) is 0 Å². The molecule has 3 aromatic heterocycles. The zero-order chi connectivity index (χ0) is 25.9. The second-order valence-electron chi connectivity index (χ2n) is 8.21. The number of sulfonamides is 1. The molecule has 4 heterocycles. The van der Waals surface area contributed by atoms with Crippen LogP contribution in [0.5, 0.6) is 11.8 Å². The molecule has 194 valence electrons. The number of nitrogens with zero attached hydrogens (tertiary/aromatic N) is 7. The lowest BCUT2D eigenvalue weighted by Crippen LogP contribution is -2.31. The zero-order valence-electron chi connectivity index (χ0n) is 20.3.